The molecule has 0 saturated heterocycles. The molecule has 62 valence electrons. The Labute approximate surface area is 77.4 Å². The zero-order valence-electron chi connectivity index (χ0n) is 6.78. The molecule has 0 aliphatic heterocycles. The van der Waals surface area contributed by atoms with Crippen molar-refractivity contribution in [2.75, 3.05) is 5.73 Å². The van der Waals surface area contributed by atoms with Gasteiger partial charge in [-0.05, 0) is 24.6 Å². The van der Waals surface area contributed by atoms with Crippen LogP contribution in [0.25, 0.3) is 0 Å². The largest absolute Gasteiger partial charge is 0.399 e. The van der Waals surface area contributed by atoms with E-state index >= 15 is 0 Å². The highest BCUT2D eigenvalue weighted by Gasteiger charge is 2.19. The quantitative estimate of drug-likeness (QED) is 0.510. The fourth-order valence-electron chi connectivity index (χ4n) is 0.872. The van der Waals surface area contributed by atoms with Crippen LogP contribution in [0.1, 0.15) is 12.5 Å². The summed E-state index contributed by atoms with van der Waals surface area (Å²) >= 11 is 4.21. The molecule has 0 aromatic heterocycles. The van der Waals surface area contributed by atoms with Gasteiger partial charge in [-0.25, -0.2) is 0 Å². The Bertz CT molecular complexity index is 308. The van der Waals surface area contributed by atoms with Crippen molar-refractivity contribution in [1.82, 2.24) is 0 Å². The molecule has 3 heteroatoms. The van der Waals surface area contributed by atoms with Crippen LogP contribution < -0.4 is 5.73 Å². The molecule has 0 aliphatic rings. The lowest BCUT2D eigenvalue weighted by molar-refractivity contribution is 0.906. The molecule has 2 nitrogen and oxygen atoms in total. The van der Waals surface area contributed by atoms with E-state index < -0.39 is 4.75 Å². The molecule has 0 spiro atoms. The van der Waals surface area contributed by atoms with E-state index in [2.05, 4.69) is 18.7 Å². The molecule has 0 fully saturated rings. The molecule has 2 N–H and O–H groups in total. The summed E-state index contributed by atoms with van der Waals surface area (Å²) in [7, 11) is 0. The van der Waals surface area contributed by atoms with Crippen molar-refractivity contribution in [1.29, 1.82) is 5.26 Å². The number of nitrogens with zero attached hydrogens (tertiary/aromatic N) is 1. The Balaban J connectivity index is 3.07. The molecule has 1 aromatic carbocycles. The van der Waals surface area contributed by atoms with Gasteiger partial charge in [0.2, 0.25) is 0 Å². The Hall–Kier alpha value is -1.14. The molecule has 0 bridgehead atoms. The number of nitrogens with two attached hydrogens (primary N) is 1. The second-order valence-electron chi connectivity index (χ2n) is 2.81. The number of hydrogen-bond acceptors (Lipinski definition) is 3. The van der Waals surface area contributed by atoms with E-state index in [-0.39, 0.29) is 0 Å². The average Bonchev–Trinajstić information content (AvgIpc) is 2.05. The number of anilines is 1. The van der Waals surface area contributed by atoms with E-state index in [1.807, 2.05) is 12.1 Å². The Morgan fingerprint density at radius 3 is 2.33 bits per heavy atom. The molecule has 0 amide bonds. The lowest BCUT2D eigenvalue weighted by Crippen LogP contribution is -2.09. The third-order valence-electron chi connectivity index (χ3n) is 1.69. The van der Waals surface area contributed by atoms with Crippen molar-refractivity contribution in [3.8, 4) is 6.07 Å². The average molecular weight is 178 g/mol. The van der Waals surface area contributed by atoms with Gasteiger partial charge in [0, 0.05) is 5.69 Å². The second kappa shape index (κ2) is 3.08. The van der Waals surface area contributed by atoms with E-state index in [1.54, 1.807) is 19.1 Å². The van der Waals surface area contributed by atoms with E-state index in [0.717, 1.165) is 5.56 Å². The first kappa shape index (κ1) is 8.95. The summed E-state index contributed by atoms with van der Waals surface area (Å²) in [6.45, 7) is 1.75. The Kier molecular flexibility index (Phi) is 2.30. The monoisotopic (exact) mass is 178 g/mol. The van der Waals surface area contributed by atoms with Gasteiger partial charge in [-0.1, -0.05) is 12.1 Å². The molecule has 0 radical (unpaired) electrons. The van der Waals surface area contributed by atoms with Crippen LogP contribution in [-0.4, -0.2) is 0 Å². The van der Waals surface area contributed by atoms with Crippen LogP contribution in [0.15, 0.2) is 24.3 Å². The summed E-state index contributed by atoms with van der Waals surface area (Å²) in [6, 6.07) is 9.25. The third-order valence-corrected chi connectivity index (χ3v) is 2.05. The predicted octanol–water partition coefficient (Wildman–Crippen LogP) is 1.94. The number of hydrogen-bond donors (Lipinski definition) is 2. The number of rotatable bonds is 1. The van der Waals surface area contributed by atoms with Crippen LogP contribution >= 0.6 is 12.6 Å². The fraction of sp³-hybridized carbons (Fsp3) is 0.222. The van der Waals surface area contributed by atoms with Crippen molar-refractivity contribution in [3.05, 3.63) is 29.8 Å². The van der Waals surface area contributed by atoms with Gasteiger partial charge >= 0.3 is 0 Å². The highest BCUT2D eigenvalue weighted by Crippen LogP contribution is 2.27. The maximum absolute atomic E-state index is 8.76. The standard InChI is InChI=1S/C9H10N2S/c1-9(12,6-10)7-2-4-8(11)5-3-7/h2-5,12H,11H2,1H3. The molecule has 0 saturated carbocycles. The zero-order chi connectivity index (χ0) is 9.19. The van der Waals surface area contributed by atoms with Crippen LogP contribution in [0.2, 0.25) is 0 Å². The summed E-state index contributed by atoms with van der Waals surface area (Å²) in [5.41, 5.74) is 7.06. The van der Waals surface area contributed by atoms with Crippen molar-refractivity contribution in [2.45, 2.75) is 11.7 Å². The first-order valence-corrected chi connectivity index (χ1v) is 4.00. The van der Waals surface area contributed by atoms with E-state index in [9.17, 15) is 0 Å². The maximum Gasteiger partial charge on any atom is 0.122 e. The van der Waals surface area contributed by atoms with Crippen LogP contribution in [0.3, 0.4) is 0 Å². The van der Waals surface area contributed by atoms with E-state index in [0.29, 0.717) is 5.69 Å². The molecular weight excluding hydrogens is 168 g/mol. The van der Waals surface area contributed by atoms with Gasteiger partial charge < -0.3 is 5.73 Å². The van der Waals surface area contributed by atoms with Gasteiger partial charge in [0.25, 0.3) is 0 Å². The lowest BCUT2D eigenvalue weighted by Gasteiger charge is -2.14. The fourth-order valence-corrected chi connectivity index (χ4v) is 1.02. The summed E-state index contributed by atoms with van der Waals surface area (Å²) in [5, 5.41) is 8.76. The normalized spacial score (nSPS) is 14.8. The SMILES string of the molecule is CC(S)(C#N)c1ccc(N)cc1. The highest BCUT2D eigenvalue weighted by atomic mass is 32.1. The minimum absolute atomic E-state index is 0.695. The lowest BCUT2D eigenvalue weighted by atomic mass is 10.0. The van der Waals surface area contributed by atoms with Gasteiger partial charge in [-0.2, -0.15) is 17.9 Å². The molecule has 1 aromatic rings. The van der Waals surface area contributed by atoms with E-state index in [4.69, 9.17) is 11.0 Å². The molecule has 1 rings (SSSR count). The van der Waals surface area contributed by atoms with Gasteiger partial charge in [-0.15, -0.1) is 0 Å². The summed E-state index contributed by atoms with van der Waals surface area (Å²) in [5.74, 6) is 0. The number of benzene rings is 1. The van der Waals surface area contributed by atoms with Gasteiger partial charge in [0.1, 0.15) is 4.75 Å². The molecule has 1 atom stereocenters. The van der Waals surface area contributed by atoms with Gasteiger partial charge in [0.15, 0.2) is 0 Å². The van der Waals surface area contributed by atoms with Crippen molar-refractivity contribution >= 4 is 18.3 Å². The van der Waals surface area contributed by atoms with Crippen LogP contribution in [0.5, 0.6) is 0 Å². The molecule has 1 unspecified atom stereocenters. The predicted molar refractivity (Wildman–Crippen MR) is 52.8 cm³/mol. The minimum Gasteiger partial charge on any atom is -0.399 e. The van der Waals surface area contributed by atoms with Gasteiger partial charge in [0.05, 0.1) is 6.07 Å². The van der Waals surface area contributed by atoms with E-state index in [1.165, 1.54) is 0 Å². The first-order valence-electron chi connectivity index (χ1n) is 3.56. The Morgan fingerprint density at radius 2 is 1.92 bits per heavy atom. The topological polar surface area (TPSA) is 49.8 Å². The highest BCUT2D eigenvalue weighted by molar-refractivity contribution is 7.81. The number of nitrogen functional groups attached to an aromatic ring is 1. The number of thiol groups is 1. The zero-order valence-corrected chi connectivity index (χ0v) is 7.68. The number of nitriles is 1. The minimum atomic E-state index is -0.728. The third kappa shape index (κ3) is 1.72. The summed E-state index contributed by atoms with van der Waals surface area (Å²) in [6.07, 6.45) is 0. The summed E-state index contributed by atoms with van der Waals surface area (Å²) < 4.78 is -0.728. The van der Waals surface area contributed by atoms with Crippen molar-refractivity contribution in [3.63, 3.8) is 0 Å². The van der Waals surface area contributed by atoms with Crippen molar-refractivity contribution < 1.29 is 0 Å². The molecule has 0 heterocycles. The van der Waals surface area contributed by atoms with Crippen LogP contribution in [0, 0.1) is 11.3 Å². The second-order valence-corrected chi connectivity index (χ2v) is 3.70. The first-order chi connectivity index (χ1) is 5.56. The van der Waals surface area contributed by atoms with Crippen molar-refractivity contribution in [2.24, 2.45) is 0 Å². The Morgan fingerprint density at radius 1 is 1.42 bits per heavy atom. The molecule has 0 aliphatic carbocycles. The van der Waals surface area contributed by atoms with Crippen LogP contribution in [0.4, 0.5) is 5.69 Å². The maximum atomic E-state index is 8.76. The van der Waals surface area contributed by atoms with Gasteiger partial charge in [-0.3, -0.25) is 0 Å². The summed E-state index contributed by atoms with van der Waals surface area (Å²) in [4.78, 5) is 0. The smallest absolute Gasteiger partial charge is 0.122 e. The molecular formula is C9H10N2S. The van der Waals surface area contributed by atoms with Crippen LogP contribution in [-0.2, 0) is 4.75 Å². The molecule has 12 heavy (non-hydrogen) atoms.